The molecular weight excluding hydrogens is 248 g/mol. The maximum absolute atomic E-state index is 5.47. The summed E-state index contributed by atoms with van der Waals surface area (Å²) in [4.78, 5) is 2.48. The molecule has 3 nitrogen and oxygen atoms in total. The highest BCUT2D eigenvalue weighted by molar-refractivity contribution is 5.61. The van der Waals surface area contributed by atoms with E-state index >= 15 is 0 Å². The van der Waals surface area contributed by atoms with Gasteiger partial charge in [0.05, 0.1) is 7.11 Å². The predicted octanol–water partition coefficient (Wildman–Crippen LogP) is 2.54. The van der Waals surface area contributed by atoms with Gasteiger partial charge >= 0.3 is 0 Å². The minimum atomic E-state index is 1.02. The second kappa shape index (κ2) is 6.91. The fourth-order valence-corrected chi connectivity index (χ4v) is 2.80. The zero-order chi connectivity index (χ0) is 14.5. The van der Waals surface area contributed by atoms with E-state index in [4.69, 9.17) is 4.74 Å². The van der Waals surface area contributed by atoms with Crippen LogP contribution in [-0.4, -0.2) is 44.7 Å². The van der Waals surface area contributed by atoms with E-state index in [2.05, 4.69) is 49.2 Å². The van der Waals surface area contributed by atoms with E-state index in [-0.39, 0.29) is 0 Å². The van der Waals surface area contributed by atoms with E-state index in [1.807, 2.05) is 0 Å². The van der Waals surface area contributed by atoms with Crippen LogP contribution >= 0.6 is 0 Å². The number of hydrogen-bond donors (Lipinski definition) is 1. The number of nitrogens with zero attached hydrogens (tertiary/aromatic N) is 1. The van der Waals surface area contributed by atoms with Crippen molar-refractivity contribution in [1.29, 1.82) is 0 Å². The molecule has 0 spiro atoms. The molecule has 0 radical (unpaired) electrons. The van der Waals surface area contributed by atoms with Crippen LogP contribution in [0.2, 0.25) is 0 Å². The van der Waals surface area contributed by atoms with Gasteiger partial charge in [0, 0.05) is 32.7 Å². The summed E-state index contributed by atoms with van der Waals surface area (Å²) in [7, 11) is 1.74. The zero-order valence-electron chi connectivity index (χ0n) is 13.1. The SMILES string of the molecule is COc1c(C)cc(/C=C/CN2CCNCC2)c(C)c1C. The lowest BCUT2D eigenvalue weighted by Gasteiger charge is -2.25. The van der Waals surface area contributed by atoms with Crippen molar-refractivity contribution in [1.82, 2.24) is 10.2 Å². The number of nitrogens with one attached hydrogen (secondary N) is 1. The second-order valence-electron chi connectivity index (χ2n) is 5.52. The fraction of sp³-hybridized carbons (Fsp3) is 0.529. The maximum atomic E-state index is 5.47. The molecule has 3 heteroatoms. The summed E-state index contributed by atoms with van der Waals surface area (Å²) in [5.74, 6) is 1.02. The van der Waals surface area contributed by atoms with Crippen LogP contribution in [0.5, 0.6) is 5.75 Å². The summed E-state index contributed by atoms with van der Waals surface area (Å²) < 4.78 is 5.47. The molecule has 1 heterocycles. The van der Waals surface area contributed by atoms with E-state index in [0.717, 1.165) is 38.5 Å². The van der Waals surface area contributed by atoms with Gasteiger partial charge in [0.15, 0.2) is 0 Å². The van der Waals surface area contributed by atoms with Gasteiger partial charge in [-0.05, 0) is 49.1 Å². The monoisotopic (exact) mass is 274 g/mol. The number of rotatable bonds is 4. The van der Waals surface area contributed by atoms with Gasteiger partial charge in [0.1, 0.15) is 5.75 Å². The van der Waals surface area contributed by atoms with Gasteiger partial charge in [0.25, 0.3) is 0 Å². The molecule has 0 atom stereocenters. The van der Waals surface area contributed by atoms with Crippen LogP contribution in [0.15, 0.2) is 12.1 Å². The first-order valence-electron chi connectivity index (χ1n) is 7.38. The quantitative estimate of drug-likeness (QED) is 0.913. The molecule has 0 unspecified atom stereocenters. The highest BCUT2D eigenvalue weighted by atomic mass is 16.5. The summed E-state index contributed by atoms with van der Waals surface area (Å²) in [5.41, 5.74) is 5.06. The smallest absolute Gasteiger partial charge is 0.124 e. The van der Waals surface area contributed by atoms with Crippen molar-refractivity contribution in [3.63, 3.8) is 0 Å². The normalized spacial score (nSPS) is 16.8. The lowest BCUT2D eigenvalue weighted by Crippen LogP contribution is -2.43. The minimum Gasteiger partial charge on any atom is -0.496 e. The van der Waals surface area contributed by atoms with Crippen LogP contribution in [0.3, 0.4) is 0 Å². The molecule has 0 bridgehead atoms. The molecule has 2 rings (SSSR count). The number of hydrogen-bond acceptors (Lipinski definition) is 3. The van der Waals surface area contributed by atoms with Gasteiger partial charge in [0.2, 0.25) is 0 Å². The molecule has 1 aromatic rings. The van der Waals surface area contributed by atoms with Gasteiger partial charge < -0.3 is 10.1 Å². The van der Waals surface area contributed by atoms with E-state index in [9.17, 15) is 0 Å². The van der Waals surface area contributed by atoms with Crippen molar-refractivity contribution in [2.24, 2.45) is 0 Å². The van der Waals surface area contributed by atoms with Gasteiger partial charge in [-0.3, -0.25) is 4.90 Å². The first-order chi connectivity index (χ1) is 9.63. The molecule has 20 heavy (non-hydrogen) atoms. The molecule has 1 saturated heterocycles. The van der Waals surface area contributed by atoms with E-state index in [1.165, 1.54) is 22.3 Å². The lowest BCUT2D eigenvalue weighted by atomic mass is 9.98. The summed E-state index contributed by atoms with van der Waals surface area (Å²) in [6.07, 6.45) is 4.52. The van der Waals surface area contributed by atoms with Gasteiger partial charge in [-0.1, -0.05) is 12.2 Å². The van der Waals surface area contributed by atoms with Crippen LogP contribution in [0.4, 0.5) is 0 Å². The van der Waals surface area contributed by atoms with Crippen LogP contribution in [-0.2, 0) is 0 Å². The average Bonchev–Trinajstić information content (AvgIpc) is 2.46. The summed E-state index contributed by atoms with van der Waals surface area (Å²) in [6.45, 7) is 11.9. The molecule has 1 fully saturated rings. The number of piperazine rings is 1. The minimum absolute atomic E-state index is 1.02. The molecule has 0 amide bonds. The predicted molar refractivity (Wildman–Crippen MR) is 85.5 cm³/mol. The third kappa shape index (κ3) is 3.41. The summed E-state index contributed by atoms with van der Waals surface area (Å²) in [6, 6.07) is 2.22. The molecule has 0 aromatic heterocycles. The van der Waals surface area contributed by atoms with Crippen LogP contribution in [0.1, 0.15) is 22.3 Å². The molecule has 1 aromatic carbocycles. The zero-order valence-corrected chi connectivity index (χ0v) is 13.1. The molecule has 1 aliphatic rings. The Balaban J connectivity index is 2.09. The number of aryl methyl sites for hydroxylation is 1. The first kappa shape index (κ1) is 15.1. The van der Waals surface area contributed by atoms with Crippen molar-refractivity contribution < 1.29 is 4.74 Å². The Bertz CT molecular complexity index is 488. The molecule has 110 valence electrons. The van der Waals surface area contributed by atoms with Crippen molar-refractivity contribution in [2.45, 2.75) is 20.8 Å². The standard InChI is InChI=1S/C17H26N2O/c1-13-12-16(14(2)15(3)17(13)20-4)6-5-9-19-10-7-18-8-11-19/h5-6,12,18H,7-11H2,1-4H3/b6-5+. The van der Waals surface area contributed by atoms with Crippen LogP contribution in [0.25, 0.3) is 6.08 Å². The van der Waals surface area contributed by atoms with E-state index < -0.39 is 0 Å². The summed E-state index contributed by atoms with van der Waals surface area (Å²) >= 11 is 0. The Morgan fingerprint density at radius 3 is 2.55 bits per heavy atom. The topological polar surface area (TPSA) is 24.5 Å². The highest BCUT2D eigenvalue weighted by Gasteiger charge is 2.09. The van der Waals surface area contributed by atoms with Crippen molar-refractivity contribution in [3.05, 3.63) is 34.4 Å². The van der Waals surface area contributed by atoms with Crippen molar-refractivity contribution in [2.75, 3.05) is 39.8 Å². The lowest BCUT2D eigenvalue weighted by molar-refractivity contribution is 0.265. The van der Waals surface area contributed by atoms with E-state index in [0.29, 0.717) is 0 Å². The maximum Gasteiger partial charge on any atom is 0.124 e. The van der Waals surface area contributed by atoms with Crippen molar-refractivity contribution >= 4 is 6.08 Å². The first-order valence-corrected chi connectivity index (χ1v) is 7.38. The fourth-order valence-electron chi connectivity index (χ4n) is 2.80. The molecule has 1 N–H and O–H groups in total. The Kier molecular flexibility index (Phi) is 5.21. The Hall–Kier alpha value is -1.32. The second-order valence-corrected chi connectivity index (χ2v) is 5.52. The third-order valence-electron chi connectivity index (χ3n) is 4.14. The Morgan fingerprint density at radius 2 is 1.90 bits per heavy atom. The van der Waals surface area contributed by atoms with Crippen molar-refractivity contribution in [3.8, 4) is 5.75 Å². The van der Waals surface area contributed by atoms with Gasteiger partial charge in [-0.15, -0.1) is 0 Å². The molecular formula is C17H26N2O. The molecule has 0 saturated carbocycles. The Labute approximate surface area is 122 Å². The van der Waals surface area contributed by atoms with E-state index in [1.54, 1.807) is 7.11 Å². The average molecular weight is 274 g/mol. The van der Waals surface area contributed by atoms with Gasteiger partial charge in [-0.2, -0.15) is 0 Å². The molecule has 0 aliphatic carbocycles. The Morgan fingerprint density at radius 1 is 1.20 bits per heavy atom. The highest BCUT2D eigenvalue weighted by Crippen LogP contribution is 2.29. The third-order valence-corrected chi connectivity index (χ3v) is 4.14. The largest absolute Gasteiger partial charge is 0.496 e. The summed E-state index contributed by atoms with van der Waals surface area (Å²) in [5, 5.41) is 3.38. The number of benzene rings is 1. The molecule has 1 aliphatic heterocycles. The number of methoxy groups -OCH3 is 1. The van der Waals surface area contributed by atoms with Crippen LogP contribution in [0, 0.1) is 20.8 Å². The van der Waals surface area contributed by atoms with Crippen LogP contribution < -0.4 is 10.1 Å². The van der Waals surface area contributed by atoms with Gasteiger partial charge in [-0.25, -0.2) is 0 Å². The number of ether oxygens (including phenoxy) is 1.